The Bertz CT molecular complexity index is 611. The van der Waals surface area contributed by atoms with Gasteiger partial charge in [-0.25, -0.2) is 0 Å². The topological polar surface area (TPSA) is 63.6 Å². The lowest BCUT2D eigenvalue weighted by Gasteiger charge is -2.16. The Labute approximate surface area is 131 Å². The fourth-order valence-corrected chi connectivity index (χ4v) is 4.01. The molecule has 3 rings (SSSR count). The molecule has 1 aromatic rings. The summed E-state index contributed by atoms with van der Waals surface area (Å²) in [4.78, 5) is 24.3. The van der Waals surface area contributed by atoms with E-state index >= 15 is 0 Å². The second-order valence-corrected chi connectivity index (χ2v) is 6.95. The summed E-state index contributed by atoms with van der Waals surface area (Å²) in [5.74, 6) is -1.08. The van der Waals surface area contributed by atoms with Gasteiger partial charge in [-0.2, -0.15) is 0 Å². The molecular formula is C16H17BrO4. The van der Waals surface area contributed by atoms with Gasteiger partial charge in [0.1, 0.15) is 5.75 Å². The molecule has 1 N–H and O–H groups in total. The number of hydrogen-bond acceptors (Lipinski definition) is 3. The Morgan fingerprint density at radius 1 is 1.29 bits per heavy atom. The highest BCUT2D eigenvalue weighted by molar-refractivity contribution is 9.10. The normalized spacial score (nSPS) is 27.2. The molecule has 4 nitrogen and oxygen atoms in total. The summed E-state index contributed by atoms with van der Waals surface area (Å²) < 4.78 is 6.44. The lowest BCUT2D eigenvalue weighted by atomic mass is 9.87. The zero-order valence-electron chi connectivity index (χ0n) is 11.8. The SMILES string of the molecule is CC1CC(C(=O)O)C(C(=O)c2cc(Br)cc3c2OCC3)C1. The third kappa shape index (κ3) is 2.59. The Balaban J connectivity index is 1.97. The number of benzene rings is 1. The molecule has 0 radical (unpaired) electrons. The smallest absolute Gasteiger partial charge is 0.307 e. The van der Waals surface area contributed by atoms with Crippen molar-refractivity contribution in [3.05, 3.63) is 27.7 Å². The van der Waals surface area contributed by atoms with Crippen molar-refractivity contribution in [3.8, 4) is 5.75 Å². The van der Waals surface area contributed by atoms with Crippen LogP contribution in [0.4, 0.5) is 0 Å². The van der Waals surface area contributed by atoms with E-state index in [0.717, 1.165) is 16.5 Å². The number of carbonyl (C=O) groups excluding carboxylic acids is 1. The number of hydrogen-bond donors (Lipinski definition) is 1. The minimum absolute atomic E-state index is 0.0915. The van der Waals surface area contributed by atoms with E-state index in [0.29, 0.717) is 30.8 Å². The highest BCUT2D eigenvalue weighted by Crippen LogP contribution is 2.41. The Hall–Kier alpha value is -1.36. The molecule has 112 valence electrons. The number of ether oxygens (including phenoxy) is 1. The summed E-state index contributed by atoms with van der Waals surface area (Å²) in [7, 11) is 0. The van der Waals surface area contributed by atoms with Crippen LogP contribution in [-0.2, 0) is 11.2 Å². The molecule has 1 fully saturated rings. The van der Waals surface area contributed by atoms with E-state index in [1.807, 2.05) is 13.0 Å². The predicted octanol–water partition coefficient (Wildman–Crippen LogP) is 3.31. The number of aliphatic carboxylic acids is 1. The molecule has 2 aliphatic rings. The number of carbonyl (C=O) groups is 2. The second kappa shape index (κ2) is 5.44. The van der Waals surface area contributed by atoms with Crippen LogP contribution in [0.3, 0.4) is 0 Å². The zero-order chi connectivity index (χ0) is 15.1. The van der Waals surface area contributed by atoms with Gasteiger partial charge in [0.25, 0.3) is 0 Å². The minimum Gasteiger partial charge on any atom is -0.492 e. The molecule has 3 atom stereocenters. The Morgan fingerprint density at radius 2 is 2.00 bits per heavy atom. The van der Waals surface area contributed by atoms with E-state index in [9.17, 15) is 14.7 Å². The molecular weight excluding hydrogens is 336 g/mol. The van der Waals surface area contributed by atoms with Gasteiger partial charge in [0, 0.05) is 16.8 Å². The summed E-state index contributed by atoms with van der Waals surface area (Å²) >= 11 is 3.42. The van der Waals surface area contributed by atoms with E-state index in [1.54, 1.807) is 6.07 Å². The van der Waals surface area contributed by atoms with Gasteiger partial charge in [-0.15, -0.1) is 0 Å². The highest BCUT2D eigenvalue weighted by Gasteiger charge is 2.42. The third-order valence-electron chi connectivity index (χ3n) is 4.47. The summed E-state index contributed by atoms with van der Waals surface area (Å²) in [6.07, 6.45) is 2.00. The lowest BCUT2D eigenvalue weighted by molar-refractivity contribution is -0.142. The van der Waals surface area contributed by atoms with Gasteiger partial charge in [-0.3, -0.25) is 9.59 Å². The van der Waals surface area contributed by atoms with Crippen molar-refractivity contribution in [3.63, 3.8) is 0 Å². The fourth-order valence-electron chi connectivity index (χ4n) is 3.51. The summed E-state index contributed by atoms with van der Waals surface area (Å²) in [5.41, 5.74) is 1.55. The second-order valence-electron chi connectivity index (χ2n) is 6.03. The molecule has 21 heavy (non-hydrogen) atoms. The average molecular weight is 353 g/mol. The number of carboxylic acid groups (broad SMARTS) is 1. The van der Waals surface area contributed by atoms with Crippen LogP contribution in [0.5, 0.6) is 5.75 Å². The maximum absolute atomic E-state index is 12.9. The van der Waals surface area contributed by atoms with Crippen molar-refractivity contribution >= 4 is 27.7 Å². The van der Waals surface area contributed by atoms with E-state index in [4.69, 9.17) is 4.74 Å². The quantitative estimate of drug-likeness (QED) is 0.847. The molecule has 0 spiro atoms. The van der Waals surface area contributed by atoms with Gasteiger partial charge in [0.2, 0.25) is 0 Å². The van der Waals surface area contributed by atoms with Crippen LogP contribution in [0.2, 0.25) is 0 Å². The maximum atomic E-state index is 12.9. The fraction of sp³-hybridized carbons (Fsp3) is 0.500. The molecule has 0 saturated heterocycles. The summed E-state index contributed by atoms with van der Waals surface area (Å²) in [5, 5.41) is 9.35. The van der Waals surface area contributed by atoms with Crippen LogP contribution in [0.1, 0.15) is 35.7 Å². The van der Waals surface area contributed by atoms with E-state index in [2.05, 4.69) is 15.9 Å². The van der Waals surface area contributed by atoms with E-state index < -0.39 is 17.8 Å². The van der Waals surface area contributed by atoms with Crippen LogP contribution >= 0.6 is 15.9 Å². The molecule has 3 unspecified atom stereocenters. The van der Waals surface area contributed by atoms with Crippen LogP contribution in [0.15, 0.2) is 16.6 Å². The molecule has 0 amide bonds. The van der Waals surface area contributed by atoms with E-state index in [-0.39, 0.29) is 11.7 Å². The zero-order valence-corrected chi connectivity index (χ0v) is 13.4. The first-order valence-electron chi connectivity index (χ1n) is 7.19. The monoisotopic (exact) mass is 352 g/mol. The van der Waals surface area contributed by atoms with Crippen molar-refractivity contribution in [2.24, 2.45) is 17.8 Å². The van der Waals surface area contributed by atoms with Crippen molar-refractivity contribution < 1.29 is 19.4 Å². The van der Waals surface area contributed by atoms with Gasteiger partial charge >= 0.3 is 5.97 Å². The standard InChI is InChI=1S/C16H17BrO4/c1-8-4-11(12(5-8)16(19)20)14(18)13-7-10(17)6-9-2-3-21-15(9)13/h6-8,11-12H,2-5H2,1H3,(H,19,20). The van der Waals surface area contributed by atoms with Gasteiger partial charge in [-0.05, 0) is 36.5 Å². The molecule has 0 aromatic heterocycles. The molecule has 1 aromatic carbocycles. The molecule has 1 aliphatic carbocycles. The van der Waals surface area contributed by atoms with Crippen LogP contribution < -0.4 is 4.74 Å². The Morgan fingerprint density at radius 3 is 2.71 bits per heavy atom. The third-order valence-corrected chi connectivity index (χ3v) is 4.92. The van der Waals surface area contributed by atoms with Crippen molar-refractivity contribution in [1.29, 1.82) is 0 Å². The van der Waals surface area contributed by atoms with Crippen molar-refractivity contribution in [1.82, 2.24) is 0 Å². The predicted molar refractivity (Wildman–Crippen MR) is 80.7 cm³/mol. The number of halogens is 1. The van der Waals surface area contributed by atoms with E-state index in [1.165, 1.54) is 0 Å². The number of carboxylic acids is 1. The molecule has 0 bridgehead atoms. The molecule has 1 aliphatic heterocycles. The van der Waals surface area contributed by atoms with Crippen molar-refractivity contribution in [2.75, 3.05) is 6.61 Å². The maximum Gasteiger partial charge on any atom is 0.307 e. The van der Waals surface area contributed by atoms with Crippen LogP contribution in [0, 0.1) is 17.8 Å². The number of fused-ring (bicyclic) bond motifs is 1. The number of ketones is 1. The first kappa shape index (κ1) is 14.6. The summed E-state index contributed by atoms with van der Waals surface area (Å²) in [6, 6.07) is 3.72. The van der Waals surface area contributed by atoms with Crippen LogP contribution in [0.25, 0.3) is 0 Å². The number of rotatable bonds is 3. The highest BCUT2D eigenvalue weighted by atomic mass is 79.9. The van der Waals surface area contributed by atoms with Gasteiger partial charge < -0.3 is 9.84 Å². The van der Waals surface area contributed by atoms with Gasteiger partial charge in [-0.1, -0.05) is 22.9 Å². The van der Waals surface area contributed by atoms with Crippen molar-refractivity contribution in [2.45, 2.75) is 26.2 Å². The largest absolute Gasteiger partial charge is 0.492 e. The first-order chi connectivity index (χ1) is 9.97. The van der Waals surface area contributed by atoms with Gasteiger partial charge in [0.05, 0.1) is 18.1 Å². The molecule has 5 heteroatoms. The minimum atomic E-state index is -0.870. The molecule has 1 saturated carbocycles. The Kier molecular flexibility index (Phi) is 3.78. The molecule has 1 heterocycles. The first-order valence-corrected chi connectivity index (χ1v) is 7.99. The van der Waals surface area contributed by atoms with Gasteiger partial charge in [0.15, 0.2) is 5.78 Å². The lowest BCUT2D eigenvalue weighted by Crippen LogP contribution is -2.25. The average Bonchev–Trinajstić information content (AvgIpc) is 3.02. The number of Topliss-reactive ketones (excluding diaryl/α,β-unsaturated/α-hetero) is 1. The van der Waals surface area contributed by atoms with Crippen LogP contribution in [-0.4, -0.2) is 23.5 Å². The summed E-state index contributed by atoms with van der Waals surface area (Å²) in [6.45, 7) is 2.58.